The fourth-order valence-electron chi connectivity index (χ4n) is 7.09. The molecule has 1 unspecified atom stereocenters. The van der Waals surface area contributed by atoms with Gasteiger partial charge < -0.3 is 13.9 Å². The van der Waals surface area contributed by atoms with E-state index in [1.165, 1.54) is 0 Å². The molecular formula is C27H40Cl2F3NO5SSi. The molecule has 0 bridgehead atoms. The van der Waals surface area contributed by atoms with Crippen molar-refractivity contribution in [3.05, 3.63) is 27.7 Å². The Bertz CT molecular complexity index is 1130. The molecule has 0 radical (unpaired) electrons. The lowest BCUT2D eigenvalue weighted by atomic mass is 9.70. The van der Waals surface area contributed by atoms with Gasteiger partial charge in [-0.25, -0.2) is 0 Å². The highest BCUT2D eigenvalue weighted by Crippen LogP contribution is 2.50. The molecular weight excluding hydrogens is 606 g/mol. The van der Waals surface area contributed by atoms with Gasteiger partial charge in [0.05, 0.1) is 0 Å². The number of carbonyl (C=O) groups is 1. The third kappa shape index (κ3) is 6.79. The zero-order valence-electron chi connectivity index (χ0n) is 23.8. The Kier molecular flexibility index (Phi) is 10.6. The predicted octanol–water partition coefficient (Wildman–Crippen LogP) is 8.19. The van der Waals surface area contributed by atoms with Gasteiger partial charge in [-0.2, -0.15) is 21.6 Å². The molecule has 1 amide bonds. The van der Waals surface area contributed by atoms with Crippen LogP contribution in [-0.4, -0.2) is 40.8 Å². The van der Waals surface area contributed by atoms with Crippen LogP contribution in [0.4, 0.5) is 13.2 Å². The van der Waals surface area contributed by atoms with Gasteiger partial charge in [0, 0.05) is 46.7 Å². The lowest BCUT2D eigenvalue weighted by Crippen LogP contribution is -2.50. The lowest BCUT2D eigenvalue weighted by Gasteiger charge is -2.46. The molecule has 2 aliphatic rings. The average Bonchev–Trinajstić information content (AvgIpc) is 3.24. The van der Waals surface area contributed by atoms with Crippen LogP contribution < -0.4 is 9.50 Å². The Balaban J connectivity index is 1.90. The van der Waals surface area contributed by atoms with Crippen LogP contribution in [0.5, 0.6) is 5.75 Å². The van der Waals surface area contributed by atoms with Gasteiger partial charge in [-0.15, -0.1) is 0 Å². The summed E-state index contributed by atoms with van der Waals surface area (Å²) >= 11 is 13.1. The molecule has 13 heteroatoms. The second kappa shape index (κ2) is 12.7. The zero-order chi connectivity index (χ0) is 30.2. The monoisotopic (exact) mass is 645 g/mol. The zero-order valence-corrected chi connectivity index (χ0v) is 27.1. The molecule has 1 aromatic carbocycles. The number of alkyl halides is 3. The van der Waals surface area contributed by atoms with Crippen LogP contribution in [0.25, 0.3) is 0 Å². The van der Waals surface area contributed by atoms with E-state index >= 15 is 0 Å². The number of carbonyl (C=O) groups excluding carboxylic acids is 1. The Hall–Kier alpha value is -1.01. The van der Waals surface area contributed by atoms with Gasteiger partial charge in [-0.1, -0.05) is 64.7 Å². The molecule has 0 spiro atoms. The van der Waals surface area contributed by atoms with E-state index in [0.717, 1.165) is 37.8 Å². The normalized spacial score (nSPS) is 23.6. The fraction of sp³-hybridized carbons (Fsp3) is 0.741. The van der Waals surface area contributed by atoms with Gasteiger partial charge in [0.25, 0.3) is 0 Å². The van der Waals surface area contributed by atoms with Crippen LogP contribution in [0, 0.1) is 11.8 Å². The largest absolute Gasteiger partial charge is 0.534 e. The first-order valence-electron chi connectivity index (χ1n) is 13.9. The van der Waals surface area contributed by atoms with Gasteiger partial charge in [0.2, 0.25) is 14.2 Å². The summed E-state index contributed by atoms with van der Waals surface area (Å²) in [5.41, 5.74) is -3.79. The van der Waals surface area contributed by atoms with Crippen LogP contribution in [0.3, 0.4) is 0 Å². The van der Waals surface area contributed by atoms with E-state index in [1.54, 1.807) is 0 Å². The van der Waals surface area contributed by atoms with E-state index < -0.39 is 35.6 Å². The first-order chi connectivity index (χ1) is 18.4. The summed E-state index contributed by atoms with van der Waals surface area (Å²) in [6, 6.07) is 2.04. The maximum atomic E-state index is 12.9. The summed E-state index contributed by atoms with van der Waals surface area (Å²) in [7, 11) is -7.97. The van der Waals surface area contributed by atoms with Crippen LogP contribution in [0.15, 0.2) is 12.1 Å². The summed E-state index contributed by atoms with van der Waals surface area (Å²) in [5.74, 6) is -1.54. The minimum absolute atomic E-state index is 0.0302. The van der Waals surface area contributed by atoms with Crippen molar-refractivity contribution in [2.75, 3.05) is 6.54 Å². The van der Waals surface area contributed by atoms with Crippen LogP contribution >= 0.6 is 23.2 Å². The maximum absolute atomic E-state index is 12.9. The van der Waals surface area contributed by atoms with Gasteiger partial charge in [-0.05, 0) is 60.2 Å². The number of halogens is 5. The molecule has 3 rings (SSSR count). The lowest BCUT2D eigenvalue weighted by molar-refractivity contribution is -0.123. The molecule has 0 aromatic heterocycles. The molecule has 1 saturated heterocycles. The summed E-state index contributed by atoms with van der Waals surface area (Å²) in [5, 5.41) is 2.79. The molecule has 2 fully saturated rings. The van der Waals surface area contributed by atoms with E-state index in [1.807, 2.05) is 0 Å². The number of hydrogen-bond donors (Lipinski definition) is 1. The van der Waals surface area contributed by atoms with Crippen molar-refractivity contribution in [1.82, 2.24) is 5.32 Å². The van der Waals surface area contributed by atoms with E-state index in [2.05, 4.69) is 51.0 Å². The highest BCUT2D eigenvalue weighted by Gasteiger charge is 2.50. The van der Waals surface area contributed by atoms with Crippen LogP contribution in [-0.2, 0) is 19.3 Å². The molecule has 6 nitrogen and oxygen atoms in total. The third-order valence-electron chi connectivity index (χ3n) is 8.70. The number of amides is 1. The van der Waals surface area contributed by atoms with Crippen molar-refractivity contribution in [3.8, 4) is 5.75 Å². The highest BCUT2D eigenvalue weighted by molar-refractivity contribution is 7.88. The second-order valence-corrected chi connectivity index (χ2v) is 19.7. The first kappa shape index (κ1) is 33.5. The smallest absolute Gasteiger partial charge is 0.413 e. The average molecular weight is 647 g/mol. The Labute approximate surface area is 246 Å². The van der Waals surface area contributed by atoms with Crippen LogP contribution in [0.1, 0.15) is 85.1 Å². The van der Waals surface area contributed by atoms with Crippen molar-refractivity contribution in [3.63, 3.8) is 0 Å². The first-order valence-corrected chi connectivity index (χ1v) is 18.2. The van der Waals surface area contributed by atoms with Crippen molar-refractivity contribution in [2.45, 2.75) is 108 Å². The molecule has 1 heterocycles. The molecule has 40 heavy (non-hydrogen) atoms. The summed E-state index contributed by atoms with van der Waals surface area (Å²) in [6.45, 7) is 14.0. The summed E-state index contributed by atoms with van der Waals surface area (Å²) in [6.07, 6.45) is 3.85. The number of nitrogens with one attached hydrogen (secondary N) is 1. The Morgan fingerprint density at radius 3 is 1.82 bits per heavy atom. The van der Waals surface area contributed by atoms with Crippen LogP contribution in [0.2, 0.25) is 26.7 Å². The Morgan fingerprint density at radius 1 is 0.925 bits per heavy atom. The number of benzene rings is 1. The second-order valence-electron chi connectivity index (χ2n) is 12.0. The quantitative estimate of drug-likeness (QED) is 0.158. The van der Waals surface area contributed by atoms with E-state index in [4.69, 9.17) is 27.6 Å². The molecule has 1 aliphatic heterocycles. The topological polar surface area (TPSA) is 81.7 Å². The number of rotatable bonds is 10. The molecule has 1 aliphatic carbocycles. The molecule has 228 valence electrons. The summed E-state index contributed by atoms with van der Waals surface area (Å²) in [4.78, 5) is 12.9. The van der Waals surface area contributed by atoms with Crippen molar-refractivity contribution >= 4 is 47.5 Å². The summed E-state index contributed by atoms with van der Waals surface area (Å²) < 4.78 is 72.9. The molecule has 2 atom stereocenters. The van der Waals surface area contributed by atoms with Crippen molar-refractivity contribution in [2.24, 2.45) is 11.8 Å². The minimum Gasteiger partial charge on any atom is -0.413 e. The van der Waals surface area contributed by atoms with Crippen molar-refractivity contribution < 1.29 is 35.0 Å². The fourth-order valence-corrected chi connectivity index (χ4v) is 13.9. The Morgan fingerprint density at radius 2 is 1.43 bits per heavy atom. The number of hydrogen-bond acceptors (Lipinski definition) is 5. The van der Waals surface area contributed by atoms with E-state index in [9.17, 15) is 26.4 Å². The van der Waals surface area contributed by atoms with Crippen molar-refractivity contribution in [1.29, 1.82) is 0 Å². The van der Waals surface area contributed by atoms with Gasteiger partial charge >= 0.3 is 15.6 Å². The highest BCUT2D eigenvalue weighted by atomic mass is 35.5. The van der Waals surface area contributed by atoms with E-state index in [0.29, 0.717) is 35.2 Å². The SMILES string of the molecule is CC(C)[Si](O[C@H]1CC[C@H](C(c2c(Cl)cc(OS(=O)(=O)C(F)(F)F)cc2Cl)[C@H]2CCNC2=O)CC1)(C(C)C)C(C)C. The predicted molar refractivity (Wildman–Crippen MR) is 154 cm³/mol. The molecule has 1 saturated carbocycles. The molecule has 1 aromatic rings. The molecule has 1 N–H and O–H groups in total. The minimum atomic E-state index is -5.89. The van der Waals surface area contributed by atoms with E-state index in [-0.39, 0.29) is 33.9 Å². The maximum Gasteiger partial charge on any atom is 0.534 e. The standard InChI is InChI=1S/C27H40Cl2F3NO5SSi/c1-15(2)40(16(3)4,17(5)6)38-19-9-7-18(8-10-19)24(21-11-12-33-26(21)34)25-22(28)13-20(14-23(25)29)37-39(35,36)27(30,31)32/h13-19,21,24H,7-12H2,1-6H3,(H,33,34)/t18-,19-,21-,24?/m1/s1. The van der Waals surface area contributed by atoms with Gasteiger partial charge in [0.15, 0.2) is 0 Å². The van der Waals surface area contributed by atoms with Gasteiger partial charge in [0.1, 0.15) is 5.75 Å². The third-order valence-corrected chi connectivity index (χ3v) is 16.5. The van der Waals surface area contributed by atoms with Gasteiger partial charge in [-0.3, -0.25) is 4.79 Å².